The van der Waals surface area contributed by atoms with Crippen LogP contribution in [-0.2, 0) is 4.79 Å². The van der Waals surface area contributed by atoms with Gasteiger partial charge in [-0.2, -0.15) is 4.68 Å². The van der Waals surface area contributed by atoms with Crippen LogP contribution < -0.4 is 5.32 Å². The number of halogens is 2. The highest BCUT2D eigenvalue weighted by Gasteiger charge is 2.27. The summed E-state index contributed by atoms with van der Waals surface area (Å²) < 4.78 is 27.8. The molecule has 102 valence electrons. The summed E-state index contributed by atoms with van der Waals surface area (Å²) in [7, 11) is 0. The van der Waals surface area contributed by atoms with Crippen molar-refractivity contribution in [1.29, 1.82) is 0 Å². The van der Waals surface area contributed by atoms with Gasteiger partial charge in [-0.15, -0.1) is 0 Å². The van der Waals surface area contributed by atoms with E-state index in [9.17, 15) is 13.6 Å². The predicted molar refractivity (Wildman–Crippen MR) is 61.7 cm³/mol. The van der Waals surface area contributed by atoms with Crippen LogP contribution in [0.4, 0.5) is 14.7 Å². The number of tetrazole rings is 1. The number of hydrogen-bond donors (Lipinski definition) is 2. The lowest BCUT2D eigenvalue weighted by Gasteiger charge is -2.21. The number of nitrogens with one attached hydrogen (secondary N) is 1. The van der Waals surface area contributed by atoms with Crippen molar-refractivity contribution in [2.24, 2.45) is 0 Å². The largest absolute Gasteiger partial charge is 0.477 e. The smallest absolute Gasteiger partial charge is 0.352 e. The van der Waals surface area contributed by atoms with Crippen LogP contribution in [0.1, 0.15) is 11.6 Å². The molecule has 2 N–H and O–H groups in total. The Morgan fingerprint density at radius 3 is 2.65 bits per heavy atom. The molecule has 3 rings (SSSR count). The van der Waals surface area contributed by atoms with Crippen LogP contribution in [0.25, 0.3) is 0 Å². The first-order valence-electron chi connectivity index (χ1n) is 5.50. The fourth-order valence-electron chi connectivity index (χ4n) is 1.96. The van der Waals surface area contributed by atoms with Gasteiger partial charge in [0.2, 0.25) is 5.95 Å². The number of aliphatic carboxylic acids is 1. The van der Waals surface area contributed by atoms with Crippen LogP contribution in [0.15, 0.2) is 30.0 Å². The molecule has 7 nitrogen and oxygen atoms in total. The third-order valence-electron chi connectivity index (χ3n) is 2.78. The first kappa shape index (κ1) is 12.2. The minimum Gasteiger partial charge on any atom is -0.477 e. The molecule has 2 aromatic rings. The number of nitrogens with zero attached hydrogens (tertiary/aromatic N) is 4. The molecule has 1 aliphatic heterocycles. The molecule has 1 unspecified atom stereocenters. The number of benzene rings is 1. The molecule has 1 aromatic heterocycles. The normalized spacial score (nSPS) is 17.1. The van der Waals surface area contributed by atoms with Crippen molar-refractivity contribution in [2.45, 2.75) is 6.04 Å². The topological polar surface area (TPSA) is 92.9 Å². The van der Waals surface area contributed by atoms with Gasteiger partial charge in [0.25, 0.3) is 0 Å². The van der Waals surface area contributed by atoms with Gasteiger partial charge < -0.3 is 10.4 Å². The van der Waals surface area contributed by atoms with Gasteiger partial charge in [-0.25, -0.2) is 13.6 Å². The number of aromatic nitrogens is 4. The average molecular weight is 279 g/mol. The molecule has 0 bridgehead atoms. The number of carbonyl (C=O) groups is 1. The number of carboxylic acid groups (broad SMARTS) is 1. The van der Waals surface area contributed by atoms with E-state index < -0.39 is 23.6 Å². The van der Waals surface area contributed by atoms with Gasteiger partial charge in [0.05, 0.1) is 0 Å². The Kier molecular flexibility index (Phi) is 2.67. The van der Waals surface area contributed by atoms with Gasteiger partial charge in [0.15, 0.2) is 0 Å². The third-order valence-corrected chi connectivity index (χ3v) is 2.78. The molecule has 2 heterocycles. The standard InChI is InChI=1S/C11H7F2N5O2/c12-6-1-5(2-7(13)3-6)9-4-8(10(19)20)14-11-15-16-17-18(9)11/h1-4,9H,(H,19,20)(H,14,15,17). The number of rotatable bonds is 2. The van der Waals surface area contributed by atoms with Gasteiger partial charge in [0.1, 0.15) is 23.4 Å². The molecule has 0 saturated carbocycles. The van der Waals surface area contributed by atoms with Crippen LogP contribution in [0.5, 0.6) is 0 Å². The zero-order valence-corrected chi connectivity index (χ0v) is 9.79. The fraction of sp³-hybridized carbons (Fsp3) is 0.0909. The van der Waals surface area contributed by atoms with E-state index in [2.05, 4.69) is 20.8 Å². The second-order valence-corrected chi connectivity index (χ2v) is 4.11. The lowest BCUT2D eigenvalue weighted by atomic mass is 10.0. The quantitative estimate of drug-likeness (QED) is 0.849. The van der Waals surface area contributed by atoms with Crippen molar-refractivity contribution >= 4 is 11.9 Å². The highest BCUT2D eigenvalue weighted by molar-refractivity contribution is 5.90. The summed E-state index contributed by atoms with van der Waals surface area (Å²) in [6.07, 6.45) is 1.28. The van der Waals surface area contributed by atoms with E-state index in [1.165, 1.54) is 10.8 Å². The van der Waals surface area contributed by atoms with Crippen molar-refractivity contribution in [1.82, 2.24) is 20.2 Å². The maximum absolute atomic E-state index is 13.3. The van der Waals surface area contributed by atoms with Gasteiger partial charge in [0, 0.05) is 6.07 Å². The molecular formula is C11H7F2N5O2. The van der Waals surface area contributed by atoms with E-state index in [0.29, 0.717) is 0 Å². The van der Waals surface area contributed by atoms with Crippen LogP contribution >= 0.6 is 0 Å². The van der Waals surface area contributed by atoms with Gasteiger partial charge in [-0.05, 0) is 34.2 Å². The molecule has 0 fully saturated rings. The van der Waals surface area contributed by atoms with Crippen LogP contribution in [0.2, 0.25) is 0 Å². The second kappa shape index (κ2) is 4.37. The summed E-state index contributed by atoms with van der Waals surface area (Å²) in [6, 6.07) is 2.12. The van der Waals surface area contributed by atoms with Crippen LogP contribution in [0.3, 0.4) is 0 Å². The number of fused-ring (bicyclic) bond motifs is 1. The minimum absolute atomic E-state index is 0.0829. The number of allylic oxidation sites excluding steroid dienone is 1. The van der Waals surface area contributed by atoms with Crippen molar-refractivity contribution in [2.75, 3.05) is 5.32 Å². The molecule has 1 aromatic carbocycles. The van der Waals surface area contributed by atoms with Gasteiger partial charge in [-0.1, -0.05) is 5.10 Å². The molecule has 1 aliphatic rings. The van der Waals surface area contributed by atoms with E-state index >= 15 is 0 Å². The molecule has 0 amide bonds. The number of anilines is 1. The molecule has 0 spiro atoms. The Balaban J connectivity index is 2.14. The molecule has 0 radical (unpaired) electrons. The van der Waals surface area contributed by atoms with Crippen molar-refractivity contribution in [3.63, 3.8) is 0 Å². The summed E-state index contributed by atoms with van der Waals surface area (Å²) in [5.74, 6) is -2.67. The Bertz CT molecular complexity index is 707. The number of carboxylic acids is 1. The van der Waals surface area contributed by atoms with E-state index in [1.54, 1.807) is 0 Å². The molecule has 20 heavy (non-hydrogen) atoms. The fourth-order valence-corrected chi connectivity index (χ4v) is 1.96. The summed E-state index contributed by atoms with van der Waals surface area (Å²) in [4.78, 5) is 11.0. The third kappa shape index (κ3) is 1.98. The highest BCUT2D eigenvalue weighted by Crippen LogP contribution is 2.28. The maximum Gasteiger partial charge on any atom is 0.352 e. The SMILES string of the molecule is O=C(O)C1=CC(c2cc(F)cc(F)c2)n2nnnc2N1. The predicted octanol–water partition coefficient (Wildman–Crippen LogP) is 0.935. The van der Waals surface area contributed by atoms with Crippen molar-refractivity contribution in [3.8, 4) is 0 Å². The summed E-state index contributed by atoms with van der Waals surface area (Å²) in [5.41, 5.74) is 0.0401. The summed E-state index contributed by atoms with van der Waals surface area (Å²) >= 11 is 0. The Labute approximate surface area is 110 Å². The Hall–Kier alpha value is -2.84. The summed E-state index contributed by atoms with van der Waals surface area (Å²) in [6.45, 7) is 0. The maximum atomic E-state index is 13.3. The van der Waals surface area contributed by atoms with E-state index in [-0.39, 0.29) is 17.2 Å². The Morgan fingerprint density at radius 1 is 1.30 bits per heavy atom. The van der Waals surface area contributed by atoms with Crippen LogP contribution in [0, 0.1) is 11.6 Å². The molecule has 0 aliphatic carbocycles. The zero-order chi connectivity index (χ0) is 14.3. The first-order chi connectivity index (χ1) is 9.54. The number of hydrogen-bond acceptors (Lipinski definition) is 5. The average Bonchev–Trinajstić information content (AvgIpc) is 2.84. The van der Waals surface area contributed by atoms with Crippen LogP contribution in [-0.4, -0.2) is 31.3 Å². The Morgan fingerprint density at radius 2 is 2.00 bits per heavy atom. The van der Waals surface area contributed by atoms with Gasteiger partial charge >= 0.3 is 5.97 Å². The highest BCUT2D eigenvalue weighted by atomic mass is 19.1. The molecular weight excluding hydrogens is 272 g/mol. The molecule has 1 atom stereocenters. The lowest BCUT2D eigenvalue weighted by molar-refractivity contribution is -0.132. The van der Waals surface area contributed by atoms with Crippen molar-refractivity contribution in [3.05, 3.63) is 47.2 Å². The lowest BCUT2D eigenvalue weighted by Crippen LogP contribution is -2.24. The molecule has 9 heteroatoms. The molecule has 0 saturated heterocycles. The minimum atomic E-state index is -1.22. The monoisotopic (exact) mass is 279 g/mol. The zero-order valence-electron chi connectivity index (χ0n) is 9.79. The van der Waals surface area contributed by atoms with Crippen molar-refractivity contribution < 1.29 is 18.7 Å². The van der Waals surface area contributed by atoms with Gasteiger partial charge in [-0.3, -0.25) is 0 Å². The second-order valence-electron chi connectivity index (χ2n) is 4.11. The summed E-state index contributed by atoms with van der Waals surface area (Å²) in [5, 5.41) is 22.2. The van der Waals surface area contributed by atoms with E-state index in [4.69, 9.17) is 5.11 Å². The van der Waals surface area contributed by atoms with E-state index in [1.807, 2.05) is 0 Å². The first-order valence-corrected chi connectivity index (χ1v) is 5.50. The van der Waals surface area contributed by atoms with E-state index in [0.717, 1.165) is 18.2 Å².